The van der Waals surface area contributed by atoms with Crippen LogP contribution in [0.5, 0.6) is 11.5 Å². The fourth-order valence-corrected chi connectivity index (χ4v) is 15.8. The second kappa shape index (κ2) is 23.4. The quantitative estimate of drug-likeness (QED) is 0.0560. The molecule has 446 valence electrons. The smallest absolute Gasteiger partial charge is 0.268 e. The van der Waals surface area contributed by atoms with Gasteiger partial charge in [0, 0.05) is 44.3 Å². The molecular formula is C82H76N4OPtSi-2. The van der Waals surface area contributed by atoms with Gasteiger partial charge >= 0.3 is 0 Å². The van der Waals surface area contributed by atoms with Crippen LogP contribution in [0.1, 0.15) is 126 Å². The second-order valence-electron chi connectivity index (χ2n) is 26.6. The van der Waals surface area contributed by atoms with Gasteiger partial charge in [-0.05, 0) is 122 Å². The van der Waals surface area contributed by atoms with Crippen LogP contribution in [0.25, 0.3) is 72.3 Å². The summed E-state index contributed by atoms with van der Waals surface area (Å²) in [6, 6.07) is 41.3. The summed E-state index contributed by atoms with van der Waals surface area (Å²) in [7, 11) is -5.92. The van der Waals surface area contributed by atoms with Crippen molar-refractivity contribution in [3.8, 4) is 50.9 Å². The third-order valence-electron chi connectivity index (χ3n) is 16.6. The Morgan fingerprint density at radius 3 is 1.69 bits per heavy atom. The molecule has 7 heteroatoms. The van der Waals surface area contributed by atoms with Crippen molar-refractivity contribution in [1.29, 1.82) is 0 Å². The number of ether oxygens (including phenoxy) is 1. The fraction of sp³-hybridized carbons (Fsp3) is 0.195. The number of imidazole rings is 1. The van der Waals surface area contributed by atoms with E-state index in [1.807, 2.05) is 118 Å². The zero-order chi connectivity index (χ0) is 74.4. The number of fused-ring (bicyclic) bond motifs is 4. The van der Waals surface area contributed by atoms with Gasteiger partial charge in [0.05, 0.1) is 37.3 Å². The molecule has 0 aliphatic rings. The largest absolute Gasteiger partial charge is 0.510 e. The third kappa shape index (κ3) is 11.4. The maximum absolute atomic E-state index is 10.2. The molecule has 0 bridgehead atoms. The monoisotopic (exact) mass is 1370 g/mol. The maximum Gasteiger partial charge on any atom is 0.268 e. The SMILES string of the molecule is [2H]c1c([2H])c([2H])c([Si](c2cc(C(C)(C)C)cc(-c3cccc(C(C)(C)C)c3)c2-[n+]2[c-]n(-c3[c-]c(Oc4[c-]c5c(cc4)c4ccccc4n5-c4cc(C(C)(C)C)ccn4)ccc3)c3cc(-c4ccc(C(C)(C)C)cc4)ccc32)(c2c([2H])c([2H])c([2H])c([2H])c2[2H])c2c([2H])c([2H])c([2H])c([2H])c2[2H])c([2H])c1[2H].[Pt]. The summed E-state index contributed by atoms with van der Waals surface area (Å²) in [4.78, 5) is 4.88. The van der Waals surface area contributed by atoms with Crippen LogP contribution >= 0.6 is 0 Å². The molecule has 0 fully saturated rings. The Hall–Kier alpha value is -8.67. The summed E-state index contributed by atoms with van der Waals surface area (Å²) >= 11 is 0. The zero-order valence-corrected chi connectivity index (χ0v) is 55.2. The number of hydrogen-bond acceptors (Lipinski definition) is 2. The van der Waals surface area contributed by atoms with Gasteiger partial charge in [0.15, 0.2) is 8.07 Å². The molecule has 3 aromatic heterocycles. The first-order valence-electron chi connectivity index (χ1n) is 37.1. The second-order valence-corrected chi connectivity index (χ2v) is 30.2. The molecule has 5 nitrogen and oxygen atoms in total. The van der Waals surface area contributed by atoms with Crippen molar-refractivity contribution in [3.05, 3.63) is 283 Å². The molecule has 0 saturated heterocycles. The van der Waals surface area contributed by atoms with Crippen molar-refractivity contribution in [2.24, 2.45) is 0 Å². The van der Waals surface area contributed by atoms with Crippen molar-refractivity contribution in [2.75, 3.05) is 0 Å². The van der Waals surface area contributed by atoms with Crippen molar-refractivity contribution in [1.82, 2.24) is 14.1 Å². The average Bonchev–Trinajstić information content (AvgIpc) is 0.925. The normalized spacial score (nSPS) is 14.8. The first-order valence-corrected chi connectivity index (χ1v) is 31.6. The van der Waals surface area contributed by atoms with Crippen LogP contribution in [-0.2, 0) is 42.7 Å². The van der Waals surface area contributed by atoms with Gasteiger partial charge in [0.2, 0.25) is 0 Å². The van der Waals surface area contributed by atoms with Gasteiger partial charge in [-0.2, -0.15) is 18.2 Å². The molecule has 0 atom stereocenters. The average molecular weight is 1370 g/mol. The van der Waals surface area contributed by atoms with E-state index in [4.69, 9.17) is 13.8 Å². The van der Waals surface area contributed by atoms with E-state index in [9.17, 15) is 16.4 Å². The summed E-state index contributed by atoms with van der Waals surface area (Å²) in [6.07, 6.45) is 5.54. The number of nitrogens with zero attached hydrogens (tertiary/aromatic N) is 4. The van der Waals surface area contributed by atoms with Crippen LogP contribution in [0.3, 0.4) is 0 Å². The minimum Gasteiger partial charge on any atom is -0.510 e. The summed E-state index contributed by atoms with van der Waals surface area (Å²) in [6.45, 7) is 24.9. The number of aromatic nitrogens is 4. The van der Waals surface area contributed by atoms with Crippen molar-refractivity contribution in [3.63, 3.8) is 0 Å². The molecule has 0 unspecified atom stereocenters. The third-order valence-corrected chi connectivity index (χ3v) is 20.8. The maximum atomic E-state index is 10.2. The molecule has 13 rings (SSSR count). The van der Waals surface area contributed by atoms with E-state index in [-0.39, 0.29) is 48.5 Å². The van der Waals surface area contributed by atoms with E-state index < -0.39 is 125 Å². The van der Waals surface area contributed by atoms with Crippen LogP contribution in [-0.4, -0.2) is 22.2 Å². The minimum absolute atomic E-state index is 0. The van der Waals surface area contributed by atoms with Crippen LogP contribution in [0, 0.1) is 18.5 Å². The molecule has 0 radical (unpaired) electrons. The Balaban J connectivity index is 0.0000102. The molecule has 0 aliphatic heterocycles. The number of pyridine rings is 1. The van der Waals surface area contributed by atoms with Crippen LogP contribution in [0.15, 0.2) is 242 Å². The van der Waals surface area contributed by atoms with Gasteiger partial charge in [-0.25, -0.2) is 4.98 Å². The molecule has 0 spiro atoms. The molecular weight excluding hydrogens is 1280 g/mol. The summed E-state index contributed by atoms with van der Waals surface area (Å²) in [5.74, 6) is 1.36. The molecule has 10 aromatic carbocycles. The van der Waals surface area contributed by atoms with Crippen molar-refractivity contribution < 1.29 is 50.9 Å². The van der Waals surface area contributed by atoms with Gasteiger partial charge in [-0.15, -0.1) is 29.7 Å². The summed E-state index contributed by atoms with van der Waals surface area (Å²) in [5.41, 5.74) is 7.69. The Labute approximate surface area is 562 Å². The van der Waals surface area contributed by atoms with Gasteiger partial charge < -0.3 is 13.9 Å². The van der Waals surface area contributed by atoms with Gasteiger partial charge in [0.25, 0.3) is 6.33 Å². The zero-order valence-electron chi connectivity index (χ0n) is 66.9. The van der Waals surface area contributed by atoms with Crippen LogP contribution in [0.4, 0.5) is 0 Å². The Morgan fingerprint density at radius 2 is 1.06 bits per heavy atom. The first kappa shape index (κ1) is 44.7. The van der Waals surface area contributed by atoms with Crippen LogP contribution < -0.4 is 30.1 Å². The standard InChI is InChI=1S/C82H76N4OSi.Pt/c1-79(2,3)59-41-38-56(39-42-59)57-40-45-73-75(49-57)84(63-28-25-29-64(53-63)87-65-43-44-70-69-36-22-23-37-72(69)86(74(70)54-65)77-52-61(46-47-83-77)81(7,8)9)55-85(73)78-71(58-26-24-27-60(48-58)80(4,5)6)50-62(82(10,11)12)51-76(78)88(66-30-16-13-17-31-66,67-32-18-14-19-33-67)68-34-20-15-21-35-68;/h13-52H,1-12H3;/q-2;/i13D,14D,15D,16D,17D,18D,19D,20D,21D,30D,31D,32D,33D,34D,35D;. The van der Waals surface area contributed by atoms with Crippen molar-refractivity contribution in [2.45, 2.75) is 105 Å². The van der Waals surface area contributed by atoms with E-state index in [2.05, 4.69) is 128 Å². The molecule has 0 N–H and O–H groups in total. The predicted octanol–water partition coefficient (Wildman–Crippen LogP) is 17.5. The molecule has 3 heterocycles. The summed E-state index contributed by atoms with van der Waals surface area (Å²) < 4.78 is 158. The van der Waals surface area contributed by atoms with Gasteiger partial charge in [0.1, 0.15) is 5.82 Å². The van der Waals surface area contributed by atoms with E-state index in [0.717, 1.165) is 49.6 Å². The molecule has 0 saturated carbocycles. The Morgan fingerprint density at radius 1 is 0.472 bits per heavy atom. The molecule has 89 heavy (non-hydrogen) atoms. The predicted molar refractivity (Wildman–Crippen MR) is 369 cm³/mol. The van der Waals surface area contributed by atoms with E-state index >= 15 is 0 Å². The number of hydrogen-bond donors (Lipinski definition) is 0. The Kier molecular flexibility index (Phi) is 11.7. The number of benzene rings is 10. The Bertz CT molecular complexity index is 5430. The van der Waals surface area contributed by atoms with E-state index in [1.165, 1.54) is 0 Å². The van der Waals surface area contributed by atoms with Gasteiger partial charge in [-0.1, -0.05) is 270 Å². The van der Waals surface area contributed by atoms with Crippen molar-refractivity contribution >= 4 is 61.7 Å². The van der Waals surface area contributed by atoms with Crippen LogP contribution in [0.2, 0.25) is 0 Å². The number of rotatable bonds is 11. The van der Waals surface area contributed by atoms with E-state index in [0.29, 0.717) is 45.0 Å². The first-order chi connectivity index (χ1) is 48.4. The van der Waals surface area contributed by atoms with Gasteiger partial charge in [-0.3, -0.25) is 4.57 Å². The molecule has 0 amide bonds. The van der Waals surface area contributed by atoms with E-state index in [1.54, 1.807) is 21.3 Å². The minimum atomic E-state index is -5.92. The fourth-order valence-electron chi connectivity index (χ4n) is 11.8. The topological polar surface area (TPSA) is 35.9 Å². The number of para-hydroxylation sites is 1. The summed E-state index contributed by atoms with van der Waals surface area (Å²) in [5, 5.41) is 0.0171. The molecule has 0 aliphatic carbocycles. The molecule has 13 aromatic rings.